The van der Waals surface area contributed by atoms with Gasteiger partial charge in [-0.25, -0.2) is 0 Å². The number of nitrogens with zero attached hydrogens (tertiary/aromatic N) is 2. The summed E-state index contributed by atoms with van der Waals surface area (Å²) in [4.78, 5) is 1.30. The van der Waals surface area contributed by atoms with Crippen LogP contribution in [0.5, 0.6) is 0 Å². The number of hydrogen-bond acceptors (Lipinski definition) is 2. The number of rotatable bonds is 4. The first kappa shape index (κ1) is 14.5. The minimum atomic E-state index is -4.23. The van der Waals surface area contributed by atoms with Crippen LogP contribution < -0.4 is 0 Å². The van der Waals surface area contributed by atoms with Crippen molar-refractivity contribution < 1.29 is 13.2 Å². The molecular formula is C13H15F3N2. The van der Waals surface area contributed by atoms with Gasteiger partial charge < -0.3 is 0 Å². The molecule has 0 heterocycles. The average molecular weight is 256 g/mol. The molecule has 0 saturated heterocycles. The van der Waals surface area contributed by atoms with Gasteiger partial charge in [-0.05, 0) is 25.5 Å². The number of alkyl halides is 3. The molecule has 0 N–H and O–H groups in total. The lowest BCUT2D eigenvalue weighted by Crippen LogP contribution is -2.38. The Labute approximate surface area is 105 Å². The van der Waals surface area contributed by atoms with Crippen molar-refractivity contribution in [2.45, 2.75) is 32.6 Å². The molecule has 0 aliphatic carbocycles. The van der Waals surface area contributed by atoms with E-state index >= 15 is 0 Å². The van der Waals surface area contributed by atoms with E-state index in [-0.39, 0.29) is 12.6 Å². The maximum Gasteiger partial charge on any atom is 0.401 e. The van der Waals surface area contributed by atoms with Crippen LogP contribution in [0.1, 0.15) is 25.0 Å². The number of halogens is 3. The molecule has 5 heteroatoms. The Hall–Kier alpha value is -1.54. The molecule has 1 aromatic rings. The Morgan fingerprint density at radius 1 is 1.28 bits per heavy atom. The molecule has 0 aliphatic heterocycles. The molecule has 0 bridgehead atoms. The second-order valence-corrected chi connectivity index (χ2v) is 4.38. The van der Waals surface area contributed by atoms with Crippen molar-refractivity contribution in [1.82, 2.24) is 4.90 Å². The highest BCUT2D eigenvalue weighted by atomic mass is 19.4. The van der Waals surface area contributed by atoms with Crippen LogP contribution in [0.15, 0.2) is 24.3 Å². The van der Waals surface area contributed by atoms with E-state index in [1.165, 1.54) is 4.90 Å². The fraction of sp³-hybridized carbons (Fsp3) is 0.462. The van der Waals surface area contributed by atoms with E-state index in [1.807, 2.05) is 6.07 Å². The van der Waals surface area contributed by atoms with Gasteiger partial charge >= 0.3 is 6.18 Å². The lowest BCUT2D eigenvalue weighted by atomic mass is 10.1. The predicted molar refractivity (Wildman–Crippen MR) is 62.8 cm³/mol. The summed E-state index contributed by atoms with van der Waals surface area (Å²) < 4.78 is 37.3. The van der Waals surface area contributed by atoms with Crippen molar-refractivity contribution in [2.24, 2.45) is 0 Å². The van der Waals surface area contributed by atoms with Gasteiger partial charge in [0.15, 0.2) is 0 Å². The van der Waals surface area contributed by atoms with Gasteiger partial charge in [0.05, 0.1) is 18.2 Å². The zero-order chi connectivity index (χ0) is 13.8. The summed E-state index contributed by atoms with van der Waals surface area (Å²) in [6.45, 7) is 2.58. The van der Waals surface area contributed by atoms with Crippen LogP contribution in [0.25, 0.3) is 0 Å². The van der Waals surface area contributed by atoms with Crippen LogP contribution in [0.3, 0.4) is 0 Å². The maximum absolute atomic E-state index is 12.4. The van der Waals surface area contributed by atoms with E-state index in [2.05, 4.69) is 0 Å². The number of hydrogen-bond donors (Lipinski definition) is 0. The van der Waals surface area contributed by atoms with E-state index < -0.39 is 12.7 Å². The highest BCUT2D eigenvalue weighted by Gasteiger charge is 2.31. The van der Waals surface area contributed by atoms with E-state index in [1.54, 1.807) is 38.1 Å². The van der Waals surface area contributed by atoms with Gasteiger partial charge in [-0.1, -0.05) is 18.2 Å². The third-order valence-corrected chi connectivity index (χ3v) is 2.62. The molecule has 1 aromatic carbocycles. The third-order valence-electron chi connectivity index (χ3n) is 2.62. The summed E-state index contributed by atoms with van der Waals surface area (Å²) in [7, 11) is 0. The molecule has 0 radical (unpaired) electrons. The van der Waals surface area contributed by atoms with Gasteiger partial charge in [-0.2, -0.15) is 18.4 Å². The van der Waals surface area contributed by atoms with Crippen LogP contribution in [0, 0.1) is 11.3 Å². The number of benzene rings is 1. The summed E-state index contributed by atoms with van der Waals surface area (Å²) in [5, 5.41) is 8.91. The van der Waals surface area contributed by atoms with Crippen molar-refractivity contribution in [3.05, 3.63) is 35.4 Å². The highest BCUT2D eigenvalue weighted by molar-refractivity contribution is 5.37. The largest absolute Gasteiger partial charge is 0.401 e. The van der Waals surface area contributed by atoms with Crippen molar-refractivity contribution in [1.29, 1.82) is 5.26 Å². The van der Waals surface area contributed by atoms with Crippen LogP contribution >= 0.6 is 0 Å². The lowest BCUT2D eigenvalue weighted by Gasteiger charge is -2.27. The van der Waals surface area contributed by atoms with Crippen molar-refractivity contribution >= 4 is 0 Å². The van der Waals surface area contributed by atoms with Crippen LogP contribution in [0.2, 0.25) is 0 Å². The normalized spacial score (nSPS) is 11.9. The first-order chi connectivity index (χ1) is 8.33. The van der Waals surface area contributed by atoms with Gasteiger partial charge in [0.2, 0.25) is 0 Å². The molecule has 0 fully saturated rings. The first-order valence-corrected chi connectivity index (χ1v) is 5.62. The minimum Gasteiger partial charge on any atom is -0.288 e. The Bertz CT molecular complexity index is 433. The Morgan fingerprint density at radius 3 is 2.39 bits per heavy atom. The van der Waals surface area contributed by atoms with E-state index in [9.17, 15) is 13.2 Å². The summed E-state index contributed by atoms with van der Waals surface area (Å²) >= 11 is 0. The zero-order valence-electron chi connectivity index (χ0n) is 10.3. The van der Waals surface area contributed by atoms with E-state index in [4.69, 9.17) is 5.26 Å². The lowest BCUT2D eigenvalue weighted by molar-refractivity contribution is -0.150. The van der Waals surface area contributed by atoms with Crippen molar-refractivity contribution in [3.8, 4) is 6.07 Å². The first-order valence-electron chi connectivity index (χ1n) is 5.62. The molecule has 0 spiro atoms. The second-order valence-electron chi connectivity index (χ2n) is 4.38. The molecule has 0 amide bonds. The Kier molecular flexibility index (Phi) is 4.74. The topological polar surface area (TPSA) is 27.0 Å². The molecule has 98 valence electrons. The standard InChI is InChI=1S/C13H15F3N2/c1-10(2)18(9-13(14,15)16)8-12-6-4-3-5-11(12)7-17/h3-6,10H,8-9H2,1-2H3. The van der Waals surface area contributed by atoms with E-state index in [0.717, 1.165) is 0 Å². The van der Waals surface area contributed by atoms with Crippen LogP contribution in [-0.2, 0) is 6.54 Å². The smallest absolute Gasteiger partial charge is 0.288 e. The van der Waals surface area contributed by atoms with Gasteiger partial charge in [0.1, 0.15) is 0 Å². The quantitative estimate of drug-likeness (QED) is 0.826. The molecule has 0 aliphatic rings. The molecule has 1 rings (SSSR count). The molecule has 0 unspecified atom stereocenters. The summed E-state index contributed by atoms with van der Waals surface area (Å²) in [5.74, 6) is 0. The van der Waals surface area contributed by atoms with Crippen LogP contribution in [-0.4, -0.2) is 23.7 Å². The monoisotopic (exact) mass is 256 g/mol. The van der Waals surface area contributed by atoms with Gasteiger partial charge in [-0.15, -0.1) is 0 Å². The second kappa shape index (κ2) is 5.87. The van der Waals surface area contributed by atoms with Crippen molar-refractivity contribution in [3.63, 3.8) is 0 Å². The predicted octanol–water partition coefficient (Wildman–Crippen LogP) is 3.33. The molecule has 0 saturated carbocycles. The summed E-state index contributed by atoms with van der Waals surface area (Å²) in [6.07, 6.45) is -4.23. The fourth-order valence-corrected chi connectivity index (χ4v) is 1.64. The zero-order valence-corrected chi connectivity index (χ0v) is 10.3. The minimum absolute atomic E-state index is 0.126. The van der Waals surface area contributed by atoms with Gasteiger partial charge in [-0.3, -0.25) is 4.90 Å². The van der Waals surface area contributed by atoms with Crippen LogP contribution in [0.4, 0.5) is 13.2 Å². The molecule has 18 heavy (non-hydrogen) atoms. The Morgan fingerprint density at radius 2 is 1.89 bits per heavy atom. The summed E-state index contributed by atoms with van der Waals surface area (Å²) in [5.41, 5.74) is 1.04. The molecular weight excluding hydrogens is 241 g/mol. The summed E-state index contributed by atoms with van der Waals surface area (Å²) in [6, 6.07) is 8.48. The van der Waals surface area contributed by atoms with Gasteiger partial charge in [0.25, 0.3) is 0 Å². The Balaban J connectivity index is 2.88. The average Bonchev–Trinajstić information content (AvgIpc) is 2.27. The van der Waals surface area contributed by atoms with E-state index in [0.29, 0.717) is 11.1 Å². The highest BCUT2D eigenvalue weighted by Crippen LogP contribution is 2.20. The molecule has 0 aromatic heterocycles. The fourth-order valence-electron chi connectivity index (χ4n) is 1.64. The van der Waals surface area contributed by atoms with Gasteiger partial charge in [0, 0.05) is 12.6 Å². The SMILES string of the molecule is CC(C)N(Cc1ccccc1C#N)CC(F)(F)F. The maximum atomic E-state index is 12.4. The molecule has 2 nitrogen and oxygen atoms in total. The van der Waals surface area contributed by atoms with Crippen molar-refractivity contribution in [2.75, 3.05) is 6.54 Å². The molecule has 0 atom stereocenters. The number of nitriles is 1. The third kappa shape index (κ3) is 4.38.